The molecule has 0 aliphatic rings. The highest BCUT2D eigenvalue weighted by Gasteiger charge is 1.95. The monoisotopic (exact) mass is 348 g/mol. The van der Waals surface area contributed by atoms with Gasteiger partial charge < -0.3 is 21.3 Å². The Morgan fingerprint density at radius 1 is 0.808 bits per heavy atom. The highest BCUT2D eigenvalue weighted by atomic mass is 16.5. The standard InChI is InChI=1S/C14H14N2.C8H10O2/c15-13-9-8-12(14(16)10-13)7-6-11-4-2-1-3-5-11;9-6-7-10-8-4-2-1-3-5-8/h1-10H,15-16H2;1-5,9H,6-7H2. The summed E-state index contributed by atoms with van der Waals surface area (Å²) < 4.78 is 5.11. The molecule has 0 aromatic heterocycles. The molecule has 0 radical (unpaired) electrons. The fourth-order valence-electron chi connectivity index (χ4n) is 2.18. The van der Waals surface area contributed by atoms with Crippen molar-refractivity contribution < 1.29 is 9.84 Å². The lowest BCUT2D eigenvalue weighted by Crippen LogP contribution is -2.00. The van der Waals surface area contributed by atoms with Gasteiger partial charge in [0.05, 0.1) is 6.61 Å². The zero-order valence-electron chi connectivity index (χ0n) is 14.6. The number of ether oxygens (including phenoxy) is 1. The van der Waals surface area contributed by atoms with Crippen LogP contribution in [0.5, 0.6) is 5.75 Å². The zero-order chi connectivity index (χ0) is 18.6. The van der Waals surface area contributed by atoms with Gasteiger partial charge >= 0.3 is 0 Å². The molecule has 0 atom stereocenters. The molecule has 3 aromatic carbocycles. The van der Waals surface area contributed by atoms with Crippen molar-refractivity contribution in [1.82, 2.24) is 0 Å². The van der Waals surface area contributed by atoms with Crippen molar-refractivity contribution >= 4 is 23.5 Å². The van der Waals surface area contributed by atoms with Crippen LogP contribution in [0, 0.1) is 0 Å². The van der Waals surface area contributed by atoms with Crippen molar-refractivity contribution in [2.45, 2.75) is 0 Å². The number of hydrogen-bond acceptors (Lipinski definition) is 4. The molecule has 0 fully saturated rings. The quantitative estimate of drug-likeness (QED) is 0.479. The fraction of sp³-hybridized carbons (Fsp3) is 0.0909. The molecule has 0 bridgehead atoms. The summed E-state index contributed by atoms with van der Waals surface area (Å²) in [5, 5.41) is 8.40. The van der Waals surface area contributed by atoms with E-state index in [-0.39, 0.29) is 6.61 Å². The minimum Gasteiger partial charge on any atom is -0.491 e. The van der Waals surface area contributed by atoms with E-state index >= 15 is 0 Å². The molecule has 0 saturated carbocycles. The number of rotatable bonds is 5. The third kappa shape index (κ3) is 6.71. The average molecular weight is 348 g/mol. The Balaban J connectivity index is 0.000000209. The van der Waals surface area contributed by atoms with Gasteiger partial charge in [-0.25, -0.2) is 0 Å². The Labute approximate surface area is 154 Å². The maximum atomic E-state index is 8.40. The summed E-state index contributed by atoms with van der Waals surface area (Å²) in [6, 6.07) is 25.1. The van der Waals surface area contributed by atoms with Crippen LogP contribution in [-0.4, -0.2) is 18.3 Å². The largest absolute Gasteiger partial charge is 0.491 e. The summed E-state index contributed by atoms with van der Waals surface area (Å²) in [7, 11) is 0. The molecule has 4 nitrogen and oxygen atoms in total. The first-order chi connectivity index (χ1) is 12.7. The molecule has 3 rings (SSSR count). The van der Waals surface area contributed by atoms with Gasteiger partial charge in [0.25, 0.3) is 0 Å². The molecule has 5 N–H and O–H groups in total. The summed E-state index contributed by atoms with van der Waals surface area (Å²) in [6.45, 7) is 0.429. The van der Waals surface area contributed by atoms with Gasteiger partial charge in [0.2, 0.25) is 0 Å². The second-order valence-electron chi connectivity index (χ2n) is 5.52. The SMILES string of the molecule is Nc1ccc(C=Cc2ccccc2)c(N)c1.OCCOc1ccccc1. The van der Waals surface area contributed by atoms with E-state index in [1.807, 2.05) is 84.9 Å². The Bertz CT molecular complexity index is 803. The van der Waals surface area contributed by atoms with E-state index in [1.54, 1.807) is 6.07 Å². The van der Waals surface area contributed by atoms with Crippen LogP contribution in [0.15, 0.2) is 78.9 Å². The molecule has 3 aromatic rings. The number of aliphatic hydroxyl groups excluding tert-OH is 1. The number of nitrogens with two attached hydrogens (primary N) is 2. The van der Waals surface area contributed by atoms with Gasteiger partial charge in [-0.3, -0.25) is 0 Å². The maximum absolute atomic E-state index is 8.40. The summed E-state index contributed by atoms with van der Waals surface area (Å²) >= 11 is 0. The van der Waals surface area contributed by atoms with Crippen LogP contribution in [0.25, 0.3) is 12.2 Å². The van der Waals surface area contributed by atoms with Crippen LogP contribution < -0.4 is 16.2 Å². The molecular weight excluding hydrogens is 324 g/mol. The summed E-state index contributed by atoms with van der Waals surface area (Å²) in [6.07, 6.45) is 4.02. The van der Waals surface area contributed by atoms with Gasteiger partial charge in [-0.2, -0.15) is 0 Å². The molecule has 4 heteroatoms. The van der Waals surface area contributed by atoms with Crippen LogP contribution in [-0.2, 0) is 0 Å². The molecular formula is C22H24N2O2. The van der Waals surface area contributed by atoms with Crippen LogP contribution >= 0.6 is 0 Å². The minimum atomic E-state index is 0.0644. The molecule has 0 amide bonds. The van der Waals surface area contributed by atoms with Gasteiger partial charge in [-0.05, 0) is 35.4 Å². The molecule has 0 heterocycles. The Morgan fingerprint density at radius 3 is 2.08 bits per heavy atom. The number of para-hydroxylation sites is 1. The van der Waals surface area contributed by atoms with E-state index in [9.17, 15) is 0 Å². The smallest absolute Gasteiger partial charge is 0.119 e. The first-order valence-electron chi connectivity index (χ1n) is 8.36. The fourth-order valence-corrected chi connectivity index (χ4v) is 2.18. The predicted octanol–water partition coefficient (Wildman–Crippen LogP) is 4.08. The van der Waals surface area contributed by atoms with E-state index < -0.39 is 0 Å². The number of hydrogen-bond donors (Lipinski definition) is 3. The van der Waals surface area contributed by atoms with E-state index in [0.717, 1.165) is 16.9 Å². The lowest BCUT2D eigenvalue weighted by Gasteiger charge is -2.01. The average Bonchev–Trinajstić information content (AvgIpc) is 2.68. The third-order valence-corrected chi connectivity index (χ3v) is 3.47. The molecule has 26 heavy (non-hydrogen) atoms. The van der Waals surface area contributed by atoms with Crippen molar-refractivity contribution in [2.24, 2.45) is 0 Å². The van der Waals surface area contributed by atoms with Crippen molar-refractivity contribution in [3.8, 4) is 5.75 Å². The van der Waals surface area contributed by atoms with Crippen molar-refractivity contribution in [1.29, 1.82) is 0 Å². The molecule has 0 saturated heterocycles. The van der Waals surface area contributed by atoms with Crippen molar-refractivity contribution in [3.63, 3.8) is 0 Å². The van der Waals surface area contributed by atoms with Crippen molar-refractivity contribution in [2.75, 3.05) is 24.7 Å². The zero-order valence-corrected chi connectivity index (χ0v) is 14.6. The van der Waals surface area contributed by atoms with Gasteiger partial charge in [0, 0.05) is 11.4 Å². The second kappa shape index (κ2) is 10.6. The van der Waals surface area contributed by atoms with Gasteiger partial charge in [-0.15, -0.1) is 0 Å². The number of aliphatic hydroxyl groups is 1. The molecule has 0 aliphatic heterocycles. The molecule has 134 valence electrons. The Kier molecular flexibility index (Phi) is 7.77. The van der Waals surface area contributed by atoms with Crippen LogP contribution in [0.1, 0.15) is 11.1 Å². The van der Waals surface area contributed by atoms with Gasteiger partial charge in [-0.1, -0.05) is 66.7 Å². The number of nitrogen functional groups attached to an aromatic ring is 2. The highest BCUT2D eigenvalue weighted by Crippen LogP contribution is 2.18. The van der Waals surface area contributed by atoms with E-state index in [0.29, 0.717) is 18.0 Å². The topological polar surface area (TPSA) is 81.5 Å². The van der Waals surface area contributed by atoms with Crippen LogP contribution in [0.4, 0.5) is 11.4 Å². The van der Waals surface area contributed by atoms with E-state index in [1.165, 1.54) is 0 Å². The van der Waals surface area contributed by atoms with E-state index in [2.05, 4.69) is 0 Å². The number of anilines is 2. The van der Waals surface area contributed by atoms with Gasteiger partial charge in [0.1, 0.15) is 12.4 Å². The van der Waals surface area contributed by atoms with Crippen molar-refractivity contribution in [3.05, 3.63) is 90.0 Å². The Morgan fingerprint density at radius 2 is 1.46 bits per heavy atom. The van der Waals surface area contributed by atoms with Gasteiger partial charge in [0.15, 0.2) is 0 Å². The second-order valence-corrected chi connectivity index (χ2v) is 5.52. The third-order valence-electron chi connectivity index (χ3n) is 3.47. The summed E-state index contributed by atoms with van der Waals surface area (Å²) in [5.74, 6) is 0.802. The van der Waals surface area contributed by atoms with Crippen LogP contribution in [0.3, 0.4) is 0 Å². The summed E-state index contributed by atoms with van der Waals surface area (Å²) in [5.41, 5.74) is 15.0. The maximum Gasteiger partial charge on any atom is 0.119 e. The highest BCUT2D eigenvalue weighted by molar-refractivity contribution is 5.77. The summed E-state index contributed by atoms with van der Waals surface area (Å²) in [4.78, 5) is 0. The normalized spacial score (nSPS) is 10.2. The lowest BCUT2D eigenvalue weighted by molar-refractivity contribution is 0.201. The van der Waals surface area contributed by atoms with E-state index in [4.69, 9.17) is 21.3 Å². The Hall–Kier alpha value is -3.24. The molecule has 0 spiro atoms. The first kappa shape index (κ1) is 19.1. The van der Waals surface area contributed by atoms with Crippen LogP contribution in [0.2, 0.25) is 0 Å². The molecule has 0 aliphatic carbocycles. The lowest BCUT2D eigenvalue weighted by atomic mass is 10.1. The minimum absolute atomic E-state index is 0.0644. The molecule has 0 unspecified atom stereocenters. The predicted molar refractivity (Wildman–Crippen MR) is 110 cm³/mol. The number of benzene rings is 3. The first-order valence-corrected chi connectivity index (χ1v) is 8.36.